The molecule has 2 aromatic heterocycles. The highest BCUT2D eigenvalue weighted by Gasteiger charge is 2.09. The molecule has 0 bridgehead atoms. The summed E-state index contributed by atoms with van der Waals surface area (Å²) >= 11 is 5.84. The topological polar surface area (TPSA) is 112 Å². The number of halogens is 2. The Bertz CT molecular complexity index is 1190. The van der Waals surface area contributed by atoms with Crippen LogP contribution < -0.4 is 16.0 Å². The number of pyridine rings is 1. The Morgan fingerprint density at radius 2 is 1.91 bits per heavy atom. The molecule has 33 heavy (non-hydrogen) atoms. The number of hydrogen-bond donors (Lipinski definition) is 3. The van der Waals surface area contributed by atoms with Gasteiger partial charge in [0.1, 0.15) is 23.8 Å². The van der Waals surface area contributed by atoms with Crippen LogP contribution in [0.25, 0.3) is 10.9 Å². The molecule has 172 valence electrons. The molecule has 0 radical (unpaired) electrons. The smallest absolute Gasteiger partial charge is 0.249 e. The highest BCUT2D eigenvalue weighted by atomic mass is 35.5. The van der Waals surface area contributed by atoms with E-state index in [-0.39, 0.29) is 16.7 Å². The van der Waals surface area contributed by atoms with E-state index in [1.54, 1.807) is 6.07 Å². The molecule has 0 aliphatic carbocycles. The minimum Gasteiger partial charge on any atom is -0.353 e. The molecule has 3 rings (SSSR count). The standard InChI is InChI=1S/C22H23ClFN7O2/c1-31(2)9-3-8-25-20(32)6-7-21(33)30-19-11-15-18(12-26-19)27-13-28-22(15)29-14-4-5-17(24)16(23)10-14/h4-7,10-13H,3,8-9H2,1-2H3,(H,25,32)(H,26,30,33)(H,27,28,29)/b7-6+. The Morgan fingerprint density at radius 1 is 1.12 bits per heavy atom. The predicted octanol–water partition coefficient (Wildman–Crippen LogP) is 3.12. The van der Waals surface area contributed by atoms with Crippen LogP contribution in [0.3, 0.4) is 0 Å². The van der Waals surface area contributed by atoms with Crippen molar-refractivity contribution in [2.24, 2.45) is 0 Å². The van der Waals surface area contributed by atoms with Crippen LogP contribution >= 0.6 is 11.6 Å². The SMILES string of the molecule is CN(C)CCCNC(=O)/C=C/C(=O)Nc1cc2c(Nc3ccc(F)c(Cl)c3)ncnc2cn1. The summed E-state index contributed by atoms with van der Waals surface area (Å²) in [5.74, 6) is -0.721. The molecule has 9 nitrogen and oxygen atoms in total. The van der Waals surface area contributed by atoms with Crippen molar-refractivity contribution in [1.29, 1.82) is 0 Å². The number of hydrogen-bond acceptors (Lipinski definition) is 7. The molecule has 1 aromatic carbocycles. The predicted molar refractivity (Wildman–Crippen MR) is 126 cm³/mol. The summed E-state index contributed by atoms with van der Waals surface area (Å²) in [7, 11) is 3.91. The van der Waals surface area contributed by atoms with E-state index in [0.29, 0.717) is 29.0 Å². The summed E-state index contributed by atoms with van der Waals surface area (Å²) < 4.78 is 13.4. The molecule has 3 aromatic rings. The number of benzene rings is 1. The third-order valence-electron chi connectivity index (χ3n) is 4.42. The van der Waals surface area contributed by atoms with E-state index in [1.165, 1.54) is 36.8 Å². The van der Waals surface area contributed by atoms with E-state index in [1.807, 2.05) is 19.0 Å². The number of amides is 2. The molecular formula is C22H23ClFN7O2. The second-order valence-corrected chi connectivity index (χ2v) is 7.74. The Morgan fingerprint density at radius 3 is 2.67 bits per heavy atom. The Balaban J connectivity index is 1.66. The molecule has 0 saturated heterocycles. The molecule has 2 heterocycles. The van der Waals surface area contributed by atoms with E-state index in [9.17, 15) is 14.0 Å². The summed E-state index contributed by atoms with van der Waals surface area (Å²) in [4.78, 5) is 38.6. The Labute approximate surface area is 195 Å². The fourth-order valence-electron chi connectivity index (χ4n) is 2.82. The highest BCUT2D eigenvalue weighted by Crippen LogP contribution is 2.26. The Kier molecular flexibility index (Phi) is 8.22. The third-order valence-corrected chi connectivity index (χ3v) is 4.71. The zero-order chi connectivity index (χ0) is 23.8. The van der Waals surface area contributed by atoms with Gasteiger partial charge in [-0.1, -0.05) is 11.6 Å². The second kappa shape index (κ2) is 11.3. The van der Waals surface area contributed by atoms with Gasteiger partial charge in [-0.2, -0.15) is 0 Å². The van der Waals surface area contributed by atoms with Gasteiger partial charge in [0.15, 0.2) is 0 Å². The van der Waals surface area contributed by atoms with Crippen LogP contribution in [0.2, 0.25) is 5.02 Å². The first-order valence-electron chi connectivity index (χ1n) is 10.1. The maximum Gasteiger partial charge on any atom is 0.249 e. The average molecular weight is 472 g/mol. The van der Waals surface area contributed by atoms with Crippen molar-refractivity contribution in [3.05, 3.63) is 59.8 Å². The van der Waals surface area contributed by atoms with Crippen molar-refractivity contribution in [2.45, 2.75) is 6.42 Å². The quantitative estimate of drug-likeness (QED) is 0.324. The normalized spacial score (nSPS) is 11.2. The summed E-state index contributed by atoms with van der Waals surface area (Å²) in [6.45, 7) is 1.37. The van der Waals surface area contributed by atoms with Crippen LogP contribution in [0.15, 0.2) is 48.9 Å². The number of carbonyl (C=O) groups excluding carboxylic acids is 2. The fourth-order valence-corrected chi connectivity index (χ4v) is 3.00. The molecule has 0 aliphatic rings. The molecule has 0 unspecified atom stereocenters. The monoisotopic (exact) mass is 471 g/mol. The molecular weight excluding hydrogens is 449 g/mol. The zero-order valence-electron chi connectivity index (χ0n) is 18.1. The number of nitrogens with zero attached hydrogens (tertiary/aromatic N) is 4. The van der Waals surface area contributed by atoms with Gasteiger partial charge in [-0.15, -0.1) is 0 Å². The van der Waals surface area contributed by atoms with Gasteiger partial charge in [-0.25, -0.2) is 19.3 Å². The van der Waals surface area contributed by atoms with Gasteiger partial charge in [-0.3, -0.25) is 9.59 Å². The van der Waals surface area contributed by atoms with E-state index in [0.717, 1.165) is 19.0 Å². The van der Waals surface area contributed by atoms with E-state index >= 15 is 0 Å². The minimum atomic E-state index is -0.528. The molecule has 0 saturated carbocycles. The van der Waals surface area contributed by atoms with Gasteiger partial charge >= 0.3 is 0 Å². The maximum atomic E-state index is 13.4. The summed E-state index contributed by atoms with van der Waals surface area (Å²) in [5.41, 5.74) is 1.06. The number of carbonyl (C=O) groups is 2. The average Bonchev–Trinajstić information content (AvgIpc) is 2.78. The minimum absolute atomic E-state index is 0.0264. The molecule has 0 fully saturated rings. The first kappa shape index (κ1) is 24.0. The van der Waals surface area contributed by atoms with Crippen molar-refractivity contribution in [3.63, 3.8) is 0 Å². The van der Waals surface area contributed by atoms with Crippen LogP contribution in [0.5, 0.6) is 0 Å². The maximum absolute atomic E-state index is 13.4. The lowest BCUT2D eigenvalue weighted by Gasteiger charge is -2.10. The molecule has 3 N–H and O–H groups in total. The molecule has 0 aliphatic heterocycles. The largest absolute Gasteiger partial charge is 0.353 e. The number of aromatic nitrogens is 3. The second-order valence-electron chi connectivity index (χ2n) is 7.33. The van der Waals surface area contributed by atoms with Crippen molar-refractivity contribution >= 4 is 51.6 Å². The zero-order valence-corrected chi connectivity index (χ0v) is 18.9. The summed E-state index contributed by atoms with van der Waals surface area (Å²) in [6.07, 6.45) is 5.95. The molecule has 0 spiro atoms. The third kappa shape index (κ3) is 7.19. The van der Waals surface area contributed by atoms with Gasteiger partial charge in [-0.05, 0) is 51.3 Å². The number of anilines is 3. The molecule has 2 amide bonds. The van der Waals surface area contributed by atoms with Crippen molar-refractivity contribution in [2.75, 3.05) is 37.8 Å². The van der Waals surface area contributed by atoms with E-state index < -0.39 is 11.7 Å². The summed E-state index contributed by atoms with van der Waals surface area (Å²) in [6, 6.07) is 5.79. The van der Waals surface area contributed by atoms with Crippen LogP contribution in [0.1, 0.15) is 6.42 Å². The Hall–Kier alpha value is -3.63. The number of nitrogens with one attached hydrogen (secondary N) is 3. The first-order chi connectivity index (χ1) is 15.8. The highest BCUT2D eigenvalue weighted by molar-refractivity contribution is 6.31. The lowest BCUT2D eigenvalue weighted by atomic mass is 10.2. The van der Waals surface area contributed by atoms with Crippen molar-refractivity contribution < 1.29 is 14.0 Å². The van der Waals surface area contributed by atoms with Gasteiger partial charge in [0.25, 0.3) is 0 Å². The number of rotatable bonds is 9. The van der Waals surface area contributed by atoms with Gasteiger partial charge in [0, 0.05) is 29.8 Å². The van der Waals surface area contributed by atoms with Gasteiger partial charge < -0.3 is 20.9 Å². The lowest BCUT2D eigenvalue weighted by Crippen LogP contribution is -2.25. The van der Waals surface area contributed by atoms with Crippen LogP contribution in [0.4, 0.5) is 21.7 Å². The van der Waals surface area contributed by atoms with Crippen molar-refractivity contribution in [1.82, 2.24) is 25.2 Å². The van der Waals surface area contributed by atoms with Gasteiger partial charge in [0.2, 0.25) is 11.8 Å². The van der Waals surface area contributed by atoms with Crippen LogP contribution in [-0.2, 0) is 9.59 Å². The van der Waals surface area contributed by atoms with Crippen LogP contribution in [-0.4, -0.2) is 58.9 Å². The molecule has 11 heteroatoms. The fraction of sp³-hybridized carbons (Fsp3) is 0.227. The van der Waals surface area contributed by atoms with E-state index in [2.05, 4.69) is 30.9 Å². The van der Waals surface area contributed by atoms with Crippen LogP contribution in [0, 0.1) is 5.82 Å². The first-order valence-corrected chi connectivity index (χ1v) is 10.4. The lowest BCUT2D eigenvalue weighted by molar-refractivity contribution is -0.117. The van der Waals surface area contributed by atoms with Crippen molar-refractivity contribution in [3.8, 4) is 0 Å². The summed E-state index contributed by atoms with van der Waals surface area (Å²) in [5, 5.41) is 8.92. The molecule has 0 atom stereocenters. The van der Waals surface area contributed by atoms with Gasteiger partial charge in [0.05, 0.1) is 16.7 Å². The number of fused-ring (bicyclic) bond motifs is 1. The van der Waals surface area contributed by atoms with E-state index in [4.69, 9.17) is 11.6 Å².